The van der Waals surface area contributed by atoms with Crippen molar-refractivity contribution < 1.29 is 8.54 Å². The van der Waals surface area contributed by atoms with E-state index in [4.69, 9.17) is 8.54 Å². The minimum absolute atomic E-state index is 0.789. The molecule has 90 valence electrons. The lowest BCUT2D eigenvalue weighted by Crippen LogP contribution is -2.39. The van der Waals surface area contributed by atoms with Crippen molar-refractivity contribution in [1.82, 2.24) is 0 Å². The van der Waals surface area contributed by atoms with Gasteiger partial charge in [-0.25, -0.2) is 0 Å². The van der Waals surface area contributed by atoms with Gasteiger partial charge in [-0.05, 0) is 50.7 Å². The van der Waals surface area contributed by atoms with Crippen molar-refractivity contribution >= 4 is 26.4 Å². The molecule has 2 atom stereocenters. The first-order valence-corrected chi connectivity index (χ1v) is 14.4. The highest BCUT2D eigenvalue weighted by molar-refractivity contribution is 6.74. The summed E-state index contributed by atoms with van der Waals surface area (Å²) < 4.78 is 12.1. The molecule has 15 heavy (non-hydrogen) atoms. The van der Waals surface area contributed by atoms with Crippen molar-refractivity contribution in [2.75, 3.05) is 6.61 Å². The van der Waals surface area contributed by atoms with Crippen LogP contribution in [0.1, 0.15) is 12.8 Å². The minimum atomic E-state index is -1.28. The molecule has 1 aliphatic rings. The van der Waals surface area contributed by atoms with Crippen molar-refractivity contribution in [3.63, 3.8) is 0 Å². The van der Waals surface area contributed by atoms with E-state index in [1.165, 1.54) is 31.0 Å². The second-order valence-corrected chi connectivity index (χ2v) is 14.9. The normalized spacial score (nSPS) is 29.4. The molecule has 1 heterocycles. The lowest BCUT2D eigenvalue weighted by atomic mass is 10.4. The van der Waals surface area contributed by atoms with E-state index in [0.717, 1.165) is 6.61 Å². The summed E-state index contributed by atoms with van der Waals surface area (Å²) in [5, 5.41) is 0. The summed E-state index contributed by atoms with van der Waals surface area (Å²) in [6.45, 7) is 10.4. The van der Waals surface area contributed by atoms with Crippen LogP contribution in [0.15, 0.2) is 0 Å². The molecule has 0 bridgehead atoms. The molecule has 1 aliphatic heterocycles. The molecular formula is C10H26O2Si3. The van der Waals surface area contributed by atoms with Crippen molar-refractivity contribution in [1.29, 1.82) is 0 Å². The van der Waals surface area contributed by atoms with Gasteiger partial charge in [-0.3, -0.25) is 0 Å². The van der Waals surface area contributed by atoms with Crippen LogP contribution >= 0.6 is 0 Å². The summed E-state index contributed by atoms with van der Waals surface area (Å²) in [6.07, 6.45) is 2.68. The van der Waals surface area contributed by atoms with E-state index < -0.39 is 26.4 Å². The molecule has 0 aromatic carbocycles. The Bertz CT molecular complexity index is 182. The van der Waals surface area contributed by atoms with Crippen molar-refractivity contribution in [3.05, 3.63) is 0 Å². The van der Waals surface area contributed by atoms with Gasteiger partial charge in [0.15, 0.2) is 26.4 Å². The molecule has 2 unspecified atom stereocenters. The van der Waals surface area contributed by atoms with Gasteiger partial charge in [0.25, 0.3) is 0 Å². The van der Waals surface area contributed by atoms with Gasteiger partial charge in [-0.15, -0.1) is 0 Å². The molecule has 1 saturated heterocycles. The molecule has 0 aromatic heterocycles. The van der Waals surface area contributed by atoms with E-state index in [9.17, 15) is 0 Å². The van der Waals surface area contributed by atoms with E-state index in [1.54, 1.807) is 0 Å². The minimum Gasteiger partial charge on any atom is -0.461 e. The van der Waals surface area contributed by atoms with Crippen molar-refractivity contribution in [2.24, 2.45) is 0 Å². The maximum Gasteiger partial charge on any atom is 0.189 e. The fourth-order valence-corrected chi connectivity index (χ4v) is 12.7. The third-order valence-corrected chi connectivity index (χ3v) is 12.5. The third-order valence-electron chi connectivity index (χ3n) is 3.13. The second kappa shape index (κ2) is 6.34. The van der Waals surface area contributed by atoms with Crippen LogP contribution in [0.2, 0.25) is 44.3 Å². The topological polar surface area (TPSA) is 18.5 Å². The van der Waals surface area contributed by atoms with Gasteiger partial charge in [0.05, 0.1) is 0 Å². The van der Waals surface area contributed by atoms with E-state index in [1.807, 2.05) is 0 Å². The molecule has 0 aromatic rings. The van der Waals surface area contributed by atoms with Crippen LogP contribution in [0.4, 0.5) is 0 Å². The molecule has 5 heteroatoms. The SMILES string of the molecule is C[SiH](C)O[SiH](C)CC[Si]1(C)CCCCO1. The fraction of sp³-hybridized carbons (Fsp3) is 1.00. The predicted molar refractivity (Wildman–Crippen MR) is 74.2 cm³/mol. The summed E-state index contributed by atoms with van der Waals surface area (Å²) in [5.41, 5.74) is 0. The fourth-order valence-electron chi connectivity index (χ4n) is 2.23. The predicted octanol–water partition coefficient (Wildman–Crippen LogP) is 2.73. The highest BCUT2D eigenvalue weighted by Gasteiger charge is 2.31. The standard InChI is InChI=1S/C10H26O2Si3/c1-13(2)12-14(3)8-10-15(4)9-6-5-7-11-15/h13-14H,5-10H2,1-4H3. The van der Waals surface area contributed by atoms with Gasteiger partial charge in [-0.1, -0.05) is 6.42 Å². The lowest BCUT2D eigenvalue weighted by Gasteiger charge is -2.32. The Morgan fingerprint density at radius 2 is 2.00 bits per heavy atom. The molecule has 0 N–H and O–H groups in total. The summed E-state index contributed by atoms with van der Waals surface area (Å²) in [4.78, 5) is 0. The first-order valence-electron chi connectivity index (χ1n) is 6.31. The smallest absolute Gasteiger partial charge is 0.189 e. The molecule has 1 rings (SSSR count). The molecule has 0 saturated carbocycles. The number of hydrogen-bond donors (Lipinski definition) is 0. The van der Waals surface area contributed by atoms with Crippen LogP contribution < -0.4 is 0 Å². The summed E-state index contributed by atoms with van der Waals surface area (Å²) in [5.74, 6) is 0. The van der Waals surface area contributed by atoms with E-state index >= 15 is 0 Å². The maximum atomic E-state index is 6.04. The van der Waals surface area contributed by atoms with Crippen LogP contribution in [0, 0.1) is 0 Å². The Hall–Kier alpha value is 0.571. The zero-order valence-electron chi connectivity index (χ0n) is 10.7. The van der Waals surface area contributed by atoms with Crippen molar-refractivity contribution in [2.45, 2.75) is 57.2 Å². The van der Waals surface area contributed by atoms with Gasteiger partial charge in [0.1, 0.15) is 0 Å². The van der Waals surface area contributed by atoms with E-state index in [0.29, 0.717) is 0 Å². The van der Waals surface area contributed by atoms with Gasteiger partial charge in [0.2, 0.25) is 0 Å². The Kier molecular flexibility index (Phi) is 5.76. The Balaban J connectivity index is 2.22. The number of rotatable bonds is 5. The first-order chi connectivity index (χ1) is 7.02. The highest BCUT2D eigenvalue weighted by Crippen LogP contribution is 2.27. The molecule has 2 nitrogen and oxygen atoms in total. The third kappa shape index (κ3) is 5.44. The largest absolute Gasteiger partial charge is 0.461 e. The Labute approximate surface area is 99.0 Å². The maximum absolute atomic E-state index is 6.04. The molecule has 0 aliphatic carbocycles. The van der Waals surface area contributed by atoms with Crippen molar-refractivity contribution in [3.8, 4) is 0 Å². The molecule has 0 radical (unpaired) electrons. The molecule has 0 spiro atoms. The zero-order chi connectivity index (χ0) is 11.3. The lowest BCUT2D eigenvalue weighted by molar-refractivity contribution is 0.271. The van der Waals surface area contributed by atoms with Crippen LogP contribution in [0.3, 0.4) is 0 Å². The zero-order valence-corrected chi connectivity index (χ0v) is 14.0. The molecular weight excluding hydrogens is 236 g/mol. The quantitative estimate of drug-likeness (QED) is 0.709. The van der Waals surface area contributed by atoms with Gasteiger partial charge in [-0.2, -0.15) is 0 Å². The van der Waals surface area contributed by atoms with Crippen LogP contribution in [-0.4, -0.2) is 33.0 Å². The van der Waals surface area contributed by atoms with E-state index in [-0.39, 0.29) is 0 Å². The van der Waals surface area contributed by atoms with Gasteiger partial charge in [0, 0.05) is 6.61 Å². The summed E-state index contributed by atoms with van der Waals surface area (Å²) in [7, 11) is -2.93. The summed E-state index contributed by atoms with van der Waals surface area (Å²) in [6, 6.07) is 4.07. The summed E-state index contributed by atoms with van der Waals surface area (Å²) >= 11 is 0. The molecule has 1 fully saturated rings. The number of hydrogen-bond acceptors (Lipinski definition) is 2. The average Bonchev–Trinajstić information content (AvgIpc) is 2.15. The second-order valence-electron chi connectivity index (χ2n) is 5.29. The van der Waals surface area contributed by atoms with Gasteiger partial charge >= 0.3 is 0 Å². The molecule has 0 amide bonds. The van der Waals surface area contributed by atoms with E-state index in [2.05, 4.69) is 26.2 Å². The highest BCUT2D eigenvalue weighted by atomic mass is 28.4. The Morgan fingerprint density at radius 1 is 1.27 bits per heavy atom. The van der Waals surface area contributed by atoms with Crippen LogP contribution in [-0.2, 0) is 8.54 Å². The van der Waals surface area contributed by atoms with Crippen LogP contribution in [0.5, 0.6) is 0 Å². The first kappa shape index (κ1) is 13.6. The van der Waals surface area contributed by atoms with Gasteiger partial charge < -0.3 is 8.54 Å². The Morgan fingerprint density at radius 3 is 2.53 bits per heavy atom. The monoisotopic (exact) mass is 262 g/mol. The van der Waals surface area contributed by atoms with Crippen LogP contribution in [0.25, 0.3) is 0 Å². The average molecular weight is 263 g/mol.